The molecule has 2 N–H and O–H groups in total. The summed E-state index contributed by atoms with van der Waals surface area (Å²) < 4.78 is 11.3. The molecule has 28 heteroatoms. The number of rotatable bonds is 6. The third kappa shape index (κ3) is 20.1. The van der Waals surface area contributed by atoms with E-state index in [1.807, 2.05) is 47.8 Å². The van der Waals surface area contributed by atoms with Crippen LogP contribution in [0.2, 0.25) is 0 Å². The molecule has 146 heavy (non-hydrogen) atoms. The van der Waals surface area contributed by atoms with Crippen LogP contribution in [0.1, 0.15) is 27.7 Å². The molecule has 8 nitrogen and oxygen atoms in total. The Morgan fingerprint density at radius 3 is 0.788 bits per heavy atom. The van der Waals surface area contributed by atoms with Gasteiger partial charge in [0.25, 0.3) is 0 Å². The number of hydrogen-bond donors (Lipinski definition) is 2. The molecule has 4 aromatic heterocycles. The van der Waals surface area contributed by atoms with Gasteiger partial charge in [0.2, 0.25) is 0 Å². The van der Waals surface area contributed by atoms with Gasteiger partial charge in [-0.05, 0) is 107 Å². The fourth-order valence-electron chi connectivity index (χ4n) is 18.7. The molecule has 16 aromatic carbocycles. The van der Waals surface area contributed by atoms with E-state index in [1.54, 1.807) is 23.5 Å². The summed E-state index contributed by atoms with van der Waals surface area (Å²) in [5, 5.41) is 37.7. The van der Waals surface area contributed by atoms with E-state index in [9.17, 15) is 9.59 Å². The molecule has 8 aliphatic heterocycles. The number of aliphatic hydroxyl groups is 2. The van der Waals surface area contributed by atoms with Crippen LogP contribution < -0.4 is 99.3 Å². The van der Waals surface area contributed by atoms with Gasteiger partial charge in [0.1, 0.15) is 0 Å². The minimum Gasteiger partial charge on any atom is 0 e. The third-order valence-corrected chi connectivity index (χ3v) is 62.3. The molecule has 0 spiro atoms. The van der Waals surface area contributed by atoms with Crippen LogP contribution in [0.4, 0.5) is 0 Å². The summed E-state index contributed by atoms with van der Waals surface area (Å²) in [5.74, 6) is -0.125. The summed E-state index contributed by atoms with van der Waals surface area (Å²) in [4.78, 5) is 49.8. The number of nitrogens with zero attached hydrogens (tertiary/aromatic N) is 4. The average molecular weight is 3080 g/mol. The van der Waals surface area contributed by atoms with Crippen LogP contribution in [-0.4, -0.2) is 102 Å². The van der Waals surface area contributed by atoms with E-state index in [-0.39, 0.29) is 163 Å². The number of pyridine rings is 4. The van der Waals surface area contributed by atoms with Gasteiger partial charge in [-0.1, -0.05) is 187 Å². The van der Waals surface area contributed by atoms with Gasteiger partial charge in [-0.25, -0.2) is 0 Å². The van der Waals surface area contributed by atoms with Crippen LogP contribution in [0.3, 0.4) is 0 Å². The maximum atomic E-state index is 10.0. The van der Waals surface area contributed by atoms with Crippen molar-refractivity contribution >= 4 is 333 Å². The second kappa shape index (κ2) is 44.9. The maximum Gasteiger partial charge on any atom is 0 e. The van der Waals surface area contributed by atoms with Crippen molar-refractivity contribution < 1.29 is 100 Å². The van der Waals surface area contributed by atoms with E-state index in [2.05, 4.69) is 364 Å². The molecular weight excluding hydrogens is 3000 g/mol. The molecular formula is C118H76Ir4N4O4P4S8Se4-4. The first kappa shape index (κ1) is 107. The first-order chi connectivity index (χ1) is 69.1. The molecule has 4 atom stereocenters. The monoisotopic (exact) mass is 3080 g/mol. The number of benzene rings is 16. The van der Waals surface area contributed by atoms with Gasteiger partial charge < -0.3 is 10.2 Å². The molecule has 4 unspecified atom stereocenters. The molecule has 28 rings (SSSR count). The normalized spacial score (nSPS) is 16.9. The zero-order valence-corrected chi connectivity index (χ0v) is 104. The Kier molecular flexibility index (Phi) is 32.8. The van der Waals surface area contributed by atoms with Gasteiger partial charge in [-0.3, -0.25) is 19.6 Å². The Morgan fingerprint density at radius 1 is 0.267 bits per heavy atom. The van der Waals surface area contributed by atoms with E-state index in [1.165, 1.54) is 179 Å². The van der Waals surface area contributed by atoms with Gasteiger partial charge in [-0.2, -0.15) is 0 Å². The minimum absolute atomic E-state index is 0. The van der Waals surface area contributed by atoms with Crippen LogP contribution >= 0.6 is 71.2 Å². The van der Waals surface area contributed by atoms with Crippen molar-refractivity contribution in [2.45, 2.75) is 66.9 Å². The molecule has 0 bridgehead atoms. The van der Waals surface area contributed by atoms with Crippen LogP contribution in [0, 0.1) is 24.3 Å². The van der Waals surface area contributed by atoms with E-state index in [0.717, 1.165) is 87.7 Å². The molecule has 4 radical (unpaired) electrons. The molecule has 0 aliphatic carbocycles. The number of carbonyl (C=O) groups is 2. The topological polar surface area (TPSA) is 126 Å². The van der Waals surface area contributed by atoms with Crippen LogP contribution in [0.5, 0.6) is 0 Å². The van der Waals surface area contributed by atoms with Crippen molar-refractivity contribution in [3.05, 3.63) is 412 Å². The Labute approximate surface area is 964 Å². The molecule has 12 heterocycles. The van der Waals surface area contributed by atoms with Crippen LogP contribution in [0.25, 0.3) is 88.6 Å². The van der Waals surface area contributed by atoms with E-state index < -0.39 is 24.2 Å². The number of allylic oxidation sites excluding steroid dienone is 4. The van der Waals surface area contributed by atoms with E-state index >= 15 is 0 Å². The van der Waals surface area contributed by atoms with Gasteiger partial charge in [0.05, 0.1) is 22.6 Å². The molecule has 0 saturated carbocycles. The first-order valence-electron chi connectivity index (χ1n) is 45.4. The molecule has 0 amide bonds. The zero-order valence-electron chi connectivity index (χ0n) is 77.3. The standard InChI is InChI=1S/2C27H15NPS3.2C27H15NPSSe2.2C5H8O2.4Ir/c4*30-29-21-9-3-5-11-23(21)31-25-15-18(20-14-13-17-7-1-2-8-19(17)28-20)16-26(27(25)29)32-24-12-6-4-10-22(24)29;2*1-4(6)3-5(2)7;;;;/h4*1-15H;2*3,6H,1-2H3;;;;/q4*-1;;;;;;. The summed E-state index contributed by atoms with van der Waals surface area (Å²) in [6.45, 7) is 5.70. The van der Waals surface area contributed by atoms with Gasteiger partial charge in [0.15, 0.2) is 11.6 Å². The summed E-state index contributed by atoms with van der Waals surface area (Å²) in [6.07, 6.45) is 2.33. The summed E-state index contributed by atoms with van der Waals surface area (Å²) in [6, 6.07) is 136. The number of ketones is 2. The predicted octanol–water partition coefficient (Wildman–Crippen LogP) is 17.6. The number of aliphatic hydroxyl groups excluding tert-OH is 2. The smallest absolute Gasteiger partial charge is 0 e. The summed E-state index contributed by atoms with van der Waals surface area (Å²) in [7, 11) is 0. The average Bonchev–Trinajstić information content (AvgIpc) is 0.711. The third-order valence-electron chi connectivity index (χ3n) is 24.8. The predicted molar refractivity (Wildman–Crippen MR) is 619 cm³/mol. The fourth-order valence-corrected chi connectivity index (χ4v) is 66.0. The SMILES string of the molecule is CC(=O)C=C(C)O.CC(=O)C=C(C)O.S=P12c3ccccc3Sc3[c-]c(-c4ccc5ccccc5n4)cc(c31)Sc1ccccc12.S=P12c3ccccc3Sc3[c-]c(-c4ccc5ccccc5n4)cc(c31)Sc1ccccc12.S=P12c3ccccc3[Se]c3[c-]c(-c4ccc5ccccc5n4)cc(c31)[Se]c1ccccc12.S=P12c3ccccc3[Se]c3[c-]c(-c4ccc5ccccc5n4)cc(c31)[Se]c1ccccc12.[Ir].[Ir].[Ir].[Ir]. The largest absolute Gasteiger partial charge is 0 e. The van der Waals surface area contributed by atoms with Crippen molar-refractivity contribution in [1.82, 2.24) is 19.9 Å². The van der Waals surface area contributed by atoms with Crippen molar-refractivity contribution in [2.24, 2.45) is 0 Å². The Hall–Kier alpha value is -7.74. The second-order valence-electron chi connectivity index (χ2n) is 34.2. The number of carbonyl (C=O) groups excluding carboxylic acids is 2. The van der Waals surface area contributed by atoms with Crippen LogP contribution in [0.15, 0.2) is 427 Å². The second-order valence-corrected chi connectivity index (χ2v) is 64.6. The van der Waals surface area contributed by atoms with Crippen LogP contribution in [-0.2, 0) is 137 Å². The zero-order chi connectivity index (χ0) is 96.9. The number of hydrogen-bond acceptors (Lipinski definition) is 16. The first-order valence-corrected chi connectivity index (χ1v) is 66.7. The number of para-hydroxylation sites is 4. The Morgan fingerprint density at radius 2 is 0.507 bits per heavy atom. The van der Waals surface area contributed by atoms with Gasteiger partial charge in [-0.15, -0.1) is 82.4 Å². The van der Waals surface area contributed by atoms with Gasteiger partial charge >= 0.3 is 411 Å². The van der Waals surface area contributed by atoms with Crippen molar-refractivity contribution in [2.75, 3.05) is 0 Å². The number of aromatic nitrogens is 4. The molecule has 20 aromatic rings. The number of fused-ring (bicyclic) bond motifs is 20. The van der Waals surface area contributed by atoms with Crippen molar-refractivity contribution in [1.29, 1.82) is 0 Å². The summed E-state index contributed by atoms with van der Waals surface area (Å²) in [5.41, 5.74) is 12.3. The molecule has 0 saturated heterocycles. The van der Waals surface area contributed by atoms with Gasteiger partial charge in [0, 0.05) is 124 Å². The fraction of sp³-hybridized carbons (Fsp3) is 0.0339. The maximum absolute atomic E-state index is 10.0. The van der Waals surface area contributed by atoms with E-state index in [4.69, 9.17) is 77.4 Å². The van der Waals surface area contributed by atoms with Crippen molar-refractivity contribution in [3.8, 4) is 45.0 Å². The Balaban J connectivity index is 0.000000116. The molecule has 0 fully saturated rings. The summed E-state index contributed by atoms with van der Waals surface area (Å²) >= 11 is 34.8. The van der Waals surface area contributed by atoms with Crippen molar-refractivity contribution in [3.63, 3.8) is 0 Å². The quantitative estimate of drug-likeness (QED) is 0.0539. The molecule has 724 valence electrons. The minimum atomic E-state index is -2.13. The molecule has 8 aliphatic rings. The van der Waals surface area contributed by atoms with E-state index in [0.29, 0.717) is 0 Å². The Bertz CT molecular complexity index is 7770.